The van der Waals surface area contributed by atoms with Crippen molar-refractivity contribution in [3.05, 3.63) is 171 Å². The van der Waals surface area contributed by atoms with Crippen LogP contribution in [0.5, 0.6) is 0 Å². The number of carbonyl (C=O) groups is 5. The summed E-state index contributed by atoms with van der Waals surface area (Å²) in [6.45, 7) is 6.88. The summed E-state index contributed by atoms with van der Waals surface area (Å²) in [7, 11) is 7.24. The Bertz CT molecular complexity index is 3720. The Morgan fingerprint density at radius 1 is 0.704 bits per heavy atom. The predicted octanol–water partition coefficient (Wildman–Crippen LogP) is 12.7. The maximum atomic E-state index is 14.3. The van der Waals surface area contributed by atoms with Gasteiger partial charge in [-0.15, -0.1) is 0 Å². The summed E-state index contributed by atoms with van der Waals surface area (Å²) in [4.78, 5) is 86.6. The van der Waals surface area contributed by atoms with Gasteiger partial charge in [-0.3, -0.25) is 24.1 Å². The molecule has 0 bridgehead atoms. The third-order valence-electron chi connectivity index (χ3n) is 20.0. The Hall–Kier alpha value is -7.97. The second-order valence-corrected chi connectivity index (χ2v) is 27.4. The lowest BCUT2D eigenvalue weighted by Crippen LogP contribution is -2.50. The number of hydrogen-bond donors (Lipinski definition) is 1. The van der Waals surface area contributed by atoms with E-state index in [1.165, 1.54) is 40.5 Å². The van der Waals surface area contributed by atoms with E-state index in [1.54, 1.807) is 28.8 Å². The number of aromatic nitrogens is 1. The molecule has 526 valence electrons. The molecule has 3 fully saturated rings. The SMILES string of the molecule is Cc1nc(N(C)CCCCCC(=O)N(C)CCN2CCC(N(C(=O)O)c3ccccc3-c3ccccc3)CC2)sc1C(=O)N(C)CCCN(C)C(=O)CO[C@H]1Cc2ccccc2C12CCN(CC[C@]1(c3ccc(F)cc3)CN(C(=O)c3cc(C(F)(F)F)cc(C(F)(F)F)c3)CO1)CC2. The fraction of sp³-hybridized carbons (Fsp3) is 0.479. The van der Waals surface area contributed by atoms with Gasteiger partial charge in [0.05, 0.1) is 35.2 Å². The molecule has 1 N–H and O–H groups in total. The number of carboxylic acid groups (broad SMARTS) is 1. The molecular formula is C73H86F7N9O8S. The van der Waals surface area contributed by atoms with Gasteiger partial charge >= 0.3 is 18.4 Å². The number of rotatable bonds is 26. The summed E-state index contributed by atoms with van der Waals surface area (Å²) in [5.74, 6) is -1.88. The average molecular weight is 1380 g/mol. The Morgan fingerprint density at radius 3 is 2.02 bits per heavy atom. The van der Waals surface area contributed by atoms with Gasteiger partial charge in [0.25, 0.3) is 11.8 Å². The highest BCUT2D eigenvalue weighted by atomic mass is 32.1. The number of hydrogen-bond acceptors (Lipinski definition) is 12. The molecule has 10 rings (SSSR count). The minimum absolute atomic E-state index is 0.0295. The van der Waals surface area contributed by atoms with Crippen LogP contribution in [0.25, 0.3) is 11.1 Å². The van der Waals surface area contributed by atoms with E-state index in [-0.39, 0.29) is 55.5 Å². The standard InChI is InChI=1S/C73H86F7N9O8S/c1-50-65(98-68(81-50)85(5)33-15-7-10-23-63(90)83(3)41-42-86-36-28-58(29-37-86)89(69(94)95)61-22-14-12-20-59(61)51-17-8-6-9-18-51)67(93)84(4)35-16-34-82(2)64(91)47-96-62-45-52-19-11-13-21-60(52)70(62)30-38-87(39-31-70)40-32-71(54-24-26-57(74)27-25-54)48-88(49-97-71)66(92)53-43-55(72(75,76)77)46-56(44-53)73(78,79)80/h6,8-9,11-14,17-22,24-27,43-44,46,58,62H,7,10,15-16,23,28-42,45,47-49H2,1-5H3,(H,94,95)/t62-,71+/m0/s1. The Balaban J connectivity index is 0.633. The van der Waals surface area contributed by atoms with Crippen LogP contribution in [0.1, 0.15) is 118 Å². The van der Waals surface area contributed by atoms with E-state index < -0.39 is 64.6 Å². The third-order valence-corrected chi connectivity index (χ3v) is 21.3. The molecule has 1 aromatic heterocycles. The number of unbranched alkanes of at least 4 members (excludes halogenated alkanes) is 2. The zero-order valence-electron chi connectivity index (χ0n) is 56.1. The van der Waals surface area contributed by atoms with E-state index in [9.17, 15) is 59.8 Å². The lowest BCUT2D eigenvalue weighted by atomic mass is 9.72. The number of piperidine rings is 2. The molecule has 4 aliphatic rings. The van der Waals surface area contributed by atoms with Crippen LogP contribution in [-0.4, -0.2) is 195 Å². The molecule has 17 nitrogen and oxygen atoms in total. The first kappa shape index (κ1) is 72.8. The summed E-state index contributed by atoms with van der Waals surface area (Å²) in [5, 5.41) is 11.1. The van der Waals surface area contributed by atoms with Gasteiger partial charge in [-0.1, -0.05) is 103 Å². The van der Waals surface area contributed by atoms with Gasteiger partial charge < -0.3 is 48.9 Å². The molecule has 4 heterocycles. The summed E-state index contributed by atoms with van der Waals surface area (Å²) in [6.07, 6.45) is -4.63. The number of likely N-dealkylation sites (tertiary alicyclic amines) is 2. The minimum atomic E-state index is -5.15. The van der Waals surface area contributed by atoms with Crippen molar-refractivity contribution < 1.29 is 69.3 Å². The minimum Gasteiger partial charge on any atom is -0.465 e. The van der Waals surface area contributed by atoms with Gasteiger partial charge in [0.2, 0.25) is 11.8 Å². The van der Waals surface area contributed by atoms with Gasteiger partial charge in [-0.25, -0.2) is 14.2 Å². The molecular weight excluding hydrogens is 1300 g/mol. The first-order valence-corrected chi connectivity index (χ1v) is 34.3. The van der Waals surface area contributed by atoms with Crippen molar-refractivity contribution in [1.82, 2.24) is 34.4 Å². The number of carbonyl (C=O) groups excluding carboxylic acids is 4. The second kappa shape index (κ2) is 31.5. The van der Waals surface area contributed by atoms with Gasteiger partial charge in [-0.2, -0.15) is 26.3 Å². The third kappa shape index (κ3) is 17.2. The van der Waals surface area contributed by atoms with Crippen molar-refractivity contribution in [3.8, 4) is 11.1 Å². The molecule has 6 aromatic rings. The van der Waals surface area contributed by atoms with Crippen LogP contribution in [0.3, 0.4) is 0 Å². The number of fused-ring (bicyclic) bond motifs is 2. The summed E-state index contributed by atoms with van der Waals surface area (Å²) >= 11 is 1.34. The normalized spacial score (nSPS) is 18.2. The van der Waals surface area contributed by atoms with Crippen LogP contribution in [0.2, 0.25) is 0 Å². The smallest absolute Gasteiger partial charge is 0.416 e. The fourth-order valence-electron chi connectivity index (χ4n) is 14.2. The number of nitrogens with zero attached hydrogens (tertiary/aromatic N) is 9. The van der Waals surface area contributed by atoms with Gasteiger partial charge in [0.1, 0.15) is 29.6 Å². The lowest BCUT2D eigenvalue weighted by molar-refractivity contribution is -0.143. The number of aryl methyl sites for hydroxylation is 1. The number of halogens is 7. The average Bonchev–Trinajstić information content (AvgIpc) is 1.58. The number of ether oxygens (including phenoxy) is 2. The van der Waals surface area contributed by atoms with E-state index in [0.29, 0.717) is 131 Å². The topological polar surface area (TPSA) is 163 Å². The summed E-state index contributed by atoms with van der Waals surface area (Å²) < 4.78 is 110. The van der Waals surface area contributed by atoms with E-state index in [2.05, 4.69) is 21.9 Å². The summed E-state index contributed by atoms with van der Waals surface area (Å²) in [6, 6.07) is 31.7. The molecule has 0 radical (unpaired) electrons. The Morgan fingerprint density at radius 2 is 1.34 bits per heavy atom. The highest BCUT2D eigenvalue weighted by Gasteiger charge is 2.50. The van der Waals surface area contributed by atoms with Crippen molar-refractivity contribution in [3.63, 3.8) is 0 Å². The van der Waals surface area contributed by atoms with E-state index in [0.717, 1.165) is 64.6 Å². The van der Waals surface area contributed by atoms with E-state index in [4.69, 9.17) is 14.5 Å². The zero-order chi connectivity index (χ0) is 70.1. The first-order valence-electron chi connectivity index (χ1n) is 33.5. The van der Waals surface area contributed by atoms with Crippen molar-refractivity contribution in [2.24, 2.45) is 0 Å². The van der Waals surface area contributed by atoms with Crippen LogP contribution in [0.4, 0.5) is 46.3 Å². The number of benzene rings is 5. The molecule has 1 aliphatic carbocycles. The van der Waals surface area contributed by atoms with Crippen molar-refractivity contribution >= 4 is 51.9 Å². The number of para-hydroxylation sites is 1. The largest absolute Gasteiger partial charge is 0.465 e. The van der Waals surface area contributed by atoms with Crippen molar-refractivity contribution in [1.29, 1.82) is 0 Å². The maximum Gasteiger partial charge on any atom is 0.416 e. The molecule has 25 heteroatoms. The van der Waals surface area contributed by atoms with Crippen LogP contribution < -0.4 is 9.80 Å². The zero-order valence-corrected chi connectivity index (χ0v) is 56.9. The highest BCUT2D eigenvalue weighted by molar-refractivity contribution is 7.17. The molecule has 98 heavy (non-hydrogen) atoms. The summed E-state index contributed by atoms with van der Waals surface area (Å²) in [5.41, 5.74) is 0.256. The van der Waals surface area contributed by atoms with Crippen LogP contribution in [0.15, 0.2) is 121 Å². The number of amides is 5. The molecule has 3 aliphatic heterocycles. The quantitative estimate of drug-likeness (QED) is 0.0405. The number of alkyl halides is 6. The van der Waals surface area contributed by atoms with Crippen LogP contribution >= 0.6 is 11.3 Å². The van der Waals surface area contributed by atoms with E-state index >= 15 is 0 Å². The molecule has 3 saturated heterocycles. The Kier molecular flexibility index (Phi) is 23.4. The lowest BCUT2D eigenvalue weighted by Gasteiger charge is -2.44. The van der Waals surface area contributed by atoms with Gasteiger partial charge in [0, 0.05) is 110 Å². The van der Waals surface area contributed by atoms with Crippen LogP contribution in [-0.2, 0) is 48.9 Å². The van der Waals surface area contributed by atoms with Crippen LogP contribution in [0, 0.1) is 12.7 Å². The van der Waals surface area contributed by atoms with Gasteiger partial charge in [-0.05, 0) is 136 Å². The number of thiazole rings is 1. The Labute approximate surface area is 571 Å². The molecule has 1 spiro atoms. The molecule has 2 atom stereocenters. The van der Waals surface area contributed by atoms with E-state index in [1.807, 2.05) is 92.6 Å². The fourth-order valence-corrected chi connectivity index (χ4v) is 15.2. The monoisotopic (exact) mass is 1380 g/mol. The highest BCUT2D eigenvalue weighted by Crippen LogP contribution is 2.49. The maximum absolute atomic E-state index is 14.3. The second-order valence-electron chi connectivity index (χ2n) is 26.4. The van der Waals surface area contributed by atoms with Gasteiger partial charge in [0.15, 0.2) is 5.13 Å². The first-order chi connectivity index (χ1) is 46.7. The van der Waals surface area contributed by atoms with Crippen molar-refractivity contribution in [2.45, 2.75) is 113 Å². The molecule has 5 amide bonds. The van der Waals surface area contributed by atoms with Crippen molar-refractivity contribution in [2.75, 3.05) is 123 Å². The number of likely N-dealkylation sites (N-methyl/N-ethyl adjacent to an activating group) is 2. The molecule has 0 unspecified atom stereocenters. The molecule has 0 saturated carbocycles. The predicted molar refractivity (Wildman–Crippen MR) is 361 cm³/mol. The molecule has 5 aromatic carbocycles. The number of anilines is 2.